The van der Waals surface area contributed by atoms with Crippen molar-refractivity contribution in [2.45, 2.75) is 32.6 Å². The summed E-state index contributed by atoms with van der Waals surface area (Å²) in [6.45, 7) is 8.60. The first-order chi connectivity index (χ1) is 8.20. The smallest absolute Gasteiger partial charge is 0.0433 e. The zero-order valence-electron chi connectivity index (χ0n) is 11.0. The van der Waals surface area contributed by atoms with E-state index in [1.54, 1.807) is 0 Å². The van der Waals surface area contributed by atoms with Crippen molar-refractivity contribution in [3.05, 3.63) is 48.6 Å². The van der Waals surface area contributed by atoms with Crippen LogP contribution in [0, 0.1) is 11.8 Å². The lowest BCUT2D eigenvalue weighted by molar-refractivity contribution is 0.209. The maximum absolute atomic E-state index is 9.22. The van der Waals surface area contributed by atoms with Gasteiger partial charge < -0.3 is 5.11 Å². The Morgan fingerprint density at radius 1 is 1.24 bits per heavy atom. The van der Waals surface area contributed by atoms with Gasteiger partial charge in [-0.25, -0.2) is 0 Å². The summed E-state index contributed by atoms with van der Waals surface area (Å²) >= 11 is 0. The first-order valence-corrected chi connectivity index (χ1v) is 6.47. The van der Waals surface area contributed by atoms with Crippen molar-refractivity contribution in [1.29, 1.82) is 0 Å². The van der Waals surface area contributed by atoms with Crippen molar-refractivity contribution in [2.75, 3.05) is 6.61 Å². The molecule has 0 spiro atoms. The lowest BCUT2D eigenvalue weighted by Gasteiger charge is -2.29. The van der Waals surface area contributed by atoms with E-state index in [0.717, 1.165) is 12.8 Å². The van der Waals surface area contributed by atoms with Crippen LogP contribution in [0.25, 0.3) is 0 Å². The van der Waals surface area contributed by atoms with Crippen LogP contribution in [0.1, 0.15) is 38.2 Å². The molecule has 1 aromatic carbocycles. The molecule has 0 radical (unpaired) electrons. The van der Waals surface area contributed by atoms with Crippen LogP contribution in [-0.4, -0.2) is 11.7 Å². The van der Waals surface area contributed by atoms with E-state index >= 15 is 0 Å². The predicted octanol–water partition coefficient (Wildman–Crippen LogP) is 4.00. The molecule has 94 valence electrons. The third-order valence-corrected chi connectivity index (χ3v) is 3.48. The normalized spacial score (nSPS) is 14.6. The van der Waals surface area contributed by atoms with Crippen LogP contribution >= 0.6 is 0 Å². The molecule has 0 heterocycles. The monoisotopic (exact) mass is 232 g/mol. The highest BCUT2D eigenvalue weighted by Gasteiger charge is 2.24. The fourth-order valence-electron chi connectivity index (χ4n) is 2.59. The molecule has 0 aliphatic carbocycles. The van der Waals surface area contributed by atoms with E-state index in [4.69, 9.17) is 0 Å². The molecule has 0 amide bonds. The molecule has 17 heavy (non-hydrogen) atoms. The molecule has 1 nitrogen and oxygen atoms in total. The molecule has 0 aromatic heterocycles. The van der Waals surface area contributed by atoms with Gasteiger partial charge in [0.1, 0.15) is 0 Å². The molecule has 2 atom stereocenters. The van der Waals surface area contributed by atoms with Gasteiger partial charge in [0.2, 0.25) is 0 Å². The van der Waals surface area contributed by atoms with E-state index in [1.807, 2.05) is 12.1 Å². The predicted molar refractivity (Wildman–Crippen MR) is 74.0 cm³/mol. The number of rotatable bonds is 7. The van der Waals surface area contributed by atoms with Crippen molar-refractivity contribution in [3.63, 3.8) is 0 Å². The molecular formula is C16H24O. The van der Waals surface area contributed by atoms with Gasteiger partial charge in [-0.15, -0.1) is 6.58 Å². The van der Waals surface area contributed by atoms with Gasteiger partial charge in [0.05, 0.1) is 0 Å². The van der Waals surface area contributed by atoms with Crippen LogP contribution in [0.2, 0.25) is 0 Å². The number of aliphatic hydroxyl groups is 1. The Labute approximate surface area is 105 Å². The Morgan fingerprint density at radius 3 is 2.35 bits per heavy atom. The first-order valence-electron chi connectivity index (χ1n) is 6.47. The molecule has 0 fully saturated rings. The maximum Gasteiger partial charge on any atom is 0.0433 e. The van der Waals surface area contributed by atoms with Gasteiger partial charge in [0, 0.05) is 6.61 Å². The van der Waals surface area contributed by atoms with Crippen molar-refractivity contribution in [2.24, 2.45) is 11.8 Å². The highest BCUT2D eigenvalue weighted by Crippen LogP contribution is 2.35. The summed E-state index contributed by atoms with van der Waals surface area (Å²) in [4.78, 5) is 0. The average molecular weight is 232 g/mol. The van der Waals surface area contributed by atoms with E-state index in [0.29, 0.717) is 17.8 Å². The largest absolute Gasteiger partial charge is 0.396 e. The van der Waals surface area contributed by atoms with Crippen molar-refractivity contribution in [3.8, 4) is 0 Å². The van der Waals surface area contributed by atoms with Crippen LogP contribution in [-0.2, 0) is 0 Å². The van der Waals surface area contributed by atoms with E-state index in [9.17, 15) is 5.11 Å². The Hall–Kier alpha value is -1.08. The molecule has 0 bridgehead atoms. The topological polar surface area (TPSA) is 20.2 Å². The van der Waals surface area contributed by atoms with Gasteiger partial charge in [-0.2, -0.15) is 0 Å². The lowest BCUT2D eigenvalue weighted by Crippen LogP contribution is -2.19. The summed E-state index contributed by atoms with van der Waals surface area (Å²) in [5.74, 6) is 1.56. The van der Waals surface area contributed by atoms with E-state index in [1.165, 1.54) is 5.56 Å². The van der Waals surface area contributed by atoms with E-state index in [2.05, 4.69) is 44.7 Å². The minimum absolute atomic E-state index is 0.267. The Morgan fingerprint density at radius 2 is 1.88 bits per heavy atom. The van der Waals surface area contributed by atoms with Gasteiger partial charge in [-0.1, -0.05) is 50.3 Å². The summed E-state index contributed by atoms with van der Waals surface area (Å²) in [5, 5.41) is 9.22. The van der Waals surface area contributed by atoms with Gasteiger partial charge in [0.15, 0.2) is 0 Å². The van der Waals surface area contributed by atoms with Crippen molar-refractivity contribution >= 4 is 0 Å². The molecule has 0 aliphatic heterocycles. The fraction of sp³-hybridized carbons (Fsp3) is 0.500. The third-order valence-electron chi connectivity index (χ3n) is 3.48. The standard InChI is InChI=1S/C16H24O/c1-4-8-16(14-9-6-5-7-10-14)15(11-12-17)13(2)3/h4-7,9-10,13,15-17H,1,8,11-12H2,2-3H3/t15-,16+/m0/s1. The second kappa shape index (κ2) is 7.29. The number of hydrogen-bond donors (Lipinski definition) is 1. The second-order valence-electron chi connectivity index (χ2n) is 4.96. The van der Waals surface area contributed by atoms with Gasteiger partial charge >= 0.3 is 0 Å². The Bertz CT molecular complexity index is 316. The van der Waals surface area contributed by atoms with Crippen LogP contribution in [0.4, 0.5) is 0 Å². The molecule has 0 saturated heterocycles. The lowest BCUT2D eigenvalue weighted by atomic mass is 9.76. The maximum atomic E-state index is 9.22. The first kappa shape index (κ1) is 14.0. The number of benzene rings is 1. The zero-order chi connectivity index (χ0) is 12.7. The van der Waals surface area contributed by atoms with Gasteiger partial charge in [-0.05, 0) is 36.2 Å². The van der Waals surface area contributed by atoms with Crippen LogP contribution in [0.5, 0.6) is 0 Å². The van der Waals surface area contributed by atoms with Crippen molar-refractivity contribution in [1.82, 2.24) is 0 Å². The molecule has 1 aromatic rings. The molecule has 1 N–H and O–H groups in total. The third kappa shape index (κ3) is 4.01. The van der Waals surface area contributed by atoms with E-state index in [-0.39, 0.29) is 6.61 Å². The van der Waals surface area contributed by atoms with Crippen LogP contribution in [0.3, 0.4) is 0 Å². The van der Waals surface area contributed by atoms with Crippen LogP contribution < -0.4 is 0 Å². The number of hydrogen-bond acceptors (Lipinski definition) is 1. The highest BCUT2D eigenvalue weighted by molar-refractivity contribution is 5.21. The second-order valence-corrected chi connectivity index (χ2v) is 4.96. The average Bonchev–Trinajstić information content (AvgIpc) is 2.34. The molecule has 0 aliphatic rings. The summed E-state index contributed by atoms with van der Waals surface area (Å²) < 4.78 is 0. The molecular weight excluding hydrogens is 208 g/mol. The molecule has 0 saturated carbocycles. The zero-order valence-corrected chi connectivity index (χ0v) is 11.0. The minimum Gasteiger partial charge on any atom is -0.396 e. The van der Waals surface area contributed by atoms with Crippen LogP contribution in [0.15, 0.2) is 43.0 Å². The van der Waals surface area contributed by atoms with Crippen molar-refractivity contribution < 1.29 is 5.11 Å². The quantitative estimate of drug-likeness (QED) is 0.704. The summed E-state index contributed by atoms with van der Waals surface area (Å²) in [7, 11) is 0. The van der Waals surface area contributed by atoms with Gasteiger partial charge in [-0.3, -0.25) is 0 Å². The molecule has 1 rings (SSSR count). The van der Waals surface area contributed by atoms with E-state index < -0.39 is 0 Å². The molecule has 0 unspecified atom stereocenters. The summed E-state index contributed by atoms with van der Waals surface area (Å²) in [6, 6.07) is 10.6. The Balaban J connectivity index is 2.93. The minimum atomic E-state index is 0.267. The number of allylic oxidation sites excluding steroid dienone is 1. The highest BCUT2D eigenvalue weighted by atomic mass is 16.3. The SMILES string of the molecule is C=CC[C@H](c1ccccc1)[C@@H](CCO)C(C)C. The number of aliphatic hydroxyl groups excluding tert-OH is 1. The van der Waals surface area contributed by atoms with Gasteiger partial charge in [0.25, 0.3) is 0 Å². The fourth-order valence-corrected chi connectivity index (χ4v) is 2.59. The summed E-state index contributed by atoms with van der Waals surface area (Å²) in [5.41, 5.74) is 1.36. The molecule has 1 heteroatoms. The Kier molecular flexibility index (Phi) is 5.99. The summed E-state index contributed by atoms with van der Waals surface area (Å²) in [6.07, 6.45) is 3.84.